The van der Waals surface area contributed by atoms with Gasteiger partial charge in [0.25, 0.3) is 5.91 Å². The zero-order valence-corrected chi connectivity index (χ0v) is 10.8. The van der Waals surface area contributed by atoms with E-state index >= 15 is 0 Å². The second-order valence-electron chi connectivity index (χ2n) is 5.25. The van der Waals surface area contributed by atoms with Crippen LogP contribution >= 0.6 is 0 Å². The number of nitrogens with zero attached hydrogens (tertiary/aromatic N) is 1. The van der Waals surface area contributed by atoms with Gasteiger partial charge in [-0.25, -0.2) is 4.79 Å². The number of imide groups is 1. The summed E-state index contributed by atoms with van der Waals surface area (Å²) in [6.07, 6.45) is 3.26. The molecule has 0 aromatic rings. The van der Waals surface area contributed by atoms with Crippen LogP contribution in [-0.4, -0.2) is 41.9 Å². The lowest BCUT2D eigenvalue weighted by Gasteiger charge is -2.40. The van der Waals surface area contributed by atoms with E-state index in [9.17, 15) is 14.4 Å². The number of hydrogen-bond acceptors (Lipinski definition) is 3. The first-order chi connectivity index (χ1) is 8.49. The molecule has 1 heterocycles. The number of hydrogen-bond donors (Lipinski definition) is 2. The Morgan fingerprint density at radius 2 is 2.28 bits per heavy atom. The van der Waals surface area contributed by atoms with Crippen molar-refractivity contribution in [3.05, 3.63) is 0 Å². The summed E-state index contributed by atoms with van der Waals surface area (Å²) < 4.78 is 0. The van der Waals surface area contributed by atoms with Crippen molar-refractivity contribution in [1.29, 1.82) is 0 Å². The molecule has 100 valence electrons. The van der Waals surface area contributed by atoms with Gasteiger partial charge in [-0.15, -0.1) is 0 Å². The lowest BCUT2D eigenvalue weighted by Crippen LogP contribution is -2.54. The minimum atomic E-state index is -0.804. The van der Waals surface area contributed by atoms with Gasteiger partial charge in [-0.3, -0.25) is 14.9 Å². The fraction of sp³-hybridized carbons (Fsp3) is 0.750. The molecule has 0 bridgehead atoms. The average Bonchev–Trinajstić information content (AvgIpc) is 2.53. The Morgan fingerprint density at radius 3 is 2.89 bits per heavy atom. The molecule has 0 aromatic carbocycles. The molecule has 1 saturated heterocycles. The number of urea groups is 1. The summed E-state index contributed by atoms with van der Waals surface area (Å²) >= 11 is 0. The van der Waals surface area contributed by atoms with Gasteiger partial charge in [0, 0.05) is 7.05 Å². The Bertz CT molecular complexity index is 396. The fourth-order valence-electron chi connectivity index (χ4n) is 3.02. The minimum absolute atomic E-state index is 0.0548. The third-order valence-corrected chi connectivity index (χ3v) is 3.96. The summed E-state index contributed by atoms with van der Waals surface area (Å²) in [4.78, 5) is 36.8. The zero-order chi connectivity index (χ0) is 13.3. The van der Waals surface area contributed by atoms with E-state index in [2.05, 4.69) is 17.6 Å². The van der Waals surface area contributed by atoms with Crippen LogP contribution in [0.4, 0.5) is 4.79 Å². The summed E-state index contributed by atoms with van der Waals surface area (Å²) in [5.74, 6) is -0.108. The van der Waals surface area contributed by atoms with Crippen LogP contribution in [0.1, 0.15) is 32.6 Å². The van der Waals surface area contributed by atoms with Gasteiger partial charge in [-0.1, -0.05) is 19.8 Å². The van der Waals surface area contributed by atoms with Crippen LogP contribution in [0.3, 0.4) is 0 Å². The molecule has 1 aliphatic heterocycles. The van der Waals surface area contributed by atoms with E-state index in [0.29, 0.717) is 18.8 Å². The maximum absolute atomic E-state index is 12.1. The predicted molar refractivity (Wildman–Crippen MR) is 64.7 cm³/mol. The summed E-state index contributed by atoms with van der Waals surface area (Å²) in [5.41, 5.74) is -0.804. The minimum Gasteiger partial charge on any atom is -0.358 e. The second kappa shape index (κ2) is 4.59. The Kier molecular flexibility index (Phi) is 3.28. The largest absolute Gasteiger partial charge is 0.358 e. The highest BCUT2D eigenvalue weighted by molar-refractivity contribution is 6.08. The molecule has 1 spiro atoms. The van der Waals surface area contributed by atoms with E-state index < -0.39 is 11.6 Å². The number of rotatable bonds is 2. The molecule has 2 atom stereocenters. The first-order valence-corrected chi connectivity index (χ1v) is 6.33. The van der Waals surface area contributed by atoms with Crippen LogP contribution in [0, 0.1) is 5.92 Å². The third kappa shape index (κ3) is 1.95. The van der Waals surface area contributed by atoms with Crippen LogP contribution in [0.5, 0.6) is 0 Å². The maximum atomic E-state index is 12.1. The van der Waals surface area contributed by atoms with Gasteiger partial charge >= 0.3 is 6.03 Å². The molecule has 0 aromatic heterocycles. The molecular formula is C12H19N3O3. The van der Waals surface area contributed by atoms with Crippen LogP contribution in [0.15, 0.2) is 0 Å². The summed E-state index contributed by atoms with van der Waals surface area (Å²) in [7, 11) is 1.52. The SMILES string of the molecule is CNC(=O)CN1C(=O)NC(=O)C12CCCC(C)C2. The Morgan fingerprint density at radius 1 is 1.56 bits per heavy atom. The topological polar surface area (TPSA) is 78.5 Å². The molecular weight excluding hydrogens is 234 g/mol. The molecule has 2 rings (SSSR count). The van der Waals surface area contributed by atoms with E-state index in [0.717, 1.165) is 12.8 Å². The quantitative estimate of drug-likeness (QED) is 0.692. The number of carbonyl (C=O) groups excluding carboxylic acids is 3. The molecule has 6 heteroatoms. The highest BCUT2D eigenvalue weighted by Gasteiger charge is 2.54. The van der Waals surface area contributed by atoms with Crippen LogP contribution in [0.2, 0.25) is 0 Å². The van der Waals surface area contributed by atoms with Crippen molar-refractivity contribution >= 4 is 17.8 Å². The van der Waals surface area contributed by atoms with Gasteiger partial charge in [0.2, 0.25) is 5.91 Å². The maximum Gasteiger partial charge on any atom is 0.325 e. The third-order valence-electron chi connectivity index (χ3n) is 3.96. The lowest BCUT2D eigenvalue weighted by molar-refractivity contribution is -0.130. The normalized spacial score (nSPS) is 31.7. The molecule has 0 radical (unpaired) electrons. The van der Waals surface area contributed by atoms with Crippen molar-refractivity contribution in [1.82, 2.24) is 15.5 Å². The molecule has 18 heavy (non-hydrogen) atoms. The van der Waals surface area contributed by atoms with Crippen LogP contribution in [0.25, 0.3) is 0 Å². The number of amides is 4. The van der Waals surface area contributed by atoms with Gasteiger partial charge in [0.1, 0.15) is 12.1 Å². The monoisotopic (exact) mass is 253 g/mol. The molecule has 2 unspecified atom stereocenters. The van der Waals surface area contributed by atoms with Gasteiger partial charge in [-0.05, 0) is 18.8 Å². The van der Waals surface area contributed by atoms with E-state index in [1.807, 2.05) is 0 Å². The van der Waals surface area contributed by atoms with Crippen molar-refractivity contribution in [2.24, 2.45) is 5.92 Å². The fourth-order valence-corrected chi connectivity index (χ4v) is 3.02. The van der Waals surface area contributed by atoms with Crippen molar-refractivity contribution in [2.45, 2.75) is 38.1 Å². The molecule has 4 amide bonds. The van der Waals surface area contributed by atoms with Gasteiger partial charge < -0.3 is 10.2 Å². The van der Waals surface area contributed by atoms with Crippen molar-refractivity contribution in [2.75, 3.05) is 13.6 Å². The predicted octanol–water partition coefficient (Wildman–Crippen LogP) is 0.233. The summed E-state index contributed by atoms with van der Waals surface area (Å²) in [6, 6.07) is -0.447. The van der Waals surface area contributed by atoms with Crippen molar-refractivity contribution in [3.8, 4) is 0 Å². The van der Waals surface area contributed by atoms with E-state index in [1.54, 1.807) is 0 Å². The molecule has 1 saturated carbocycles. The molecule has 2 aliphatic rings. The van der Waals surface area contributed by atoms with Gasteiger partial charge in [0.15, 0.2) is 0 Å². The van der Waals surface area contributed by atoms with Crippen molar-refractivity contribution in [3.63, 3.8) is 0 Å². The van der Waals surface area contributed by atoms with Crippen LogP contribution in [-0.2, 0) is 9.59 Å². The van der Waals surface area contributed by atoms with Crippen molar-refractivity contribution < 1.29 is 14.4 Å². The molecule has 2 fully saturated rings. The van der Waals surface area contributed by atoms with E-state index in [-0.39, 0.29) is 18.4 Å². The number of nitrogens with one attached hydrogen (secondary N) is 2. The molecule has 2 N–H and O–H groups in total. The standard InChI is InChI=1S/C12H19N3O3/c1-8-4-3-5-12(6-8)10(17)14-11(18)15(12)7-9(16)13-2/h8H,3-7H2,1-2H3,(H,13,16)(H,14,17,18). The van der Waals surface area contributed by atoms with Crippen LogP contribution < -0.4 is 10.6 Å². The highest BCUT2D eigenvalue weighted by atomic mass is 16.2. The Balaban J connectivity index is 2.26. The summed E-state index contributed by atoms with van der Waals surface area (Å²) in [6.45, 7) is 2.02. The lowest BCUT2D eigenvalue weighted by atomic mass is 9.75. The average molecular weight is 253 g/mol. The molecule has 6 nitrogen and oxygen atoms in total. The number of carbonyl (C=O) groups is 3. The highest BCUT2D eigenvalue weighted by Crippen LogP contribution is 2.39. The summed E-state index contributed by atoms with van der Waals surface area (Å²) in [5, 5.41) is 4.83. The van der Waals surface area contributed by atoms with E-state index in [4.69, 9.17) is 0 Å². The first-order valence-electron chi connectivity index (χ1n) is 6.33. The smallest absolute Gasteiger partial charge is 0.325 e. The van der Waals surface area contributed by atoms with Gasteiger partial charge in [0.05, 0.1) is 0 Å². The Hall–Kier alpha value is -1.59. The number of likely N-dealkylation sites (N-methyl/N-ethyl adjacent to an activating group) is 1. The Labute approximate surface area is 106 Å². The van der Waals surface area contributed by atoms with E-state index in [1.165, 1.54) is 11.9 Å². The van der Waals surface area contributed by atoms with Gasteiger partial charge in [-0.2, -0.15) is 0 Å². The zero-order valence-electron chi connectivity index (χ0n) is 10.8. The molecule has 1 aliphatic carbocycles. The second-order valence-corrected chi connectivity index (χ2v) is 5.25. The first kappa shape index (κ1) is 12.9.